The summed E-state index contributed by atoms with van der Waals surface area (Å²) in [4.78, 5) is 25.9. The molecule has 1 aliphatic carbocycles. The lowest BCUT2D eigenvalue weighted by molar-refractivity contribution is 0.0787. The minimum Gasteiger partial charge on any atom is -0.446 e. The fourth-order valence-electron chi connectivity index (χ4n) is 3.54. The monoisotopic (exact) mass is 445 g/mol. The largest absolute Gasteiger partial charge is 0.446 e. The minimum absolute atomic E-state index is 0.0321. The van der Waals surface area contributed by atoms with Crippen LogP contribution in [0.1, 0.15) is 31.2 Å². The molecular weight excluding hydrogens is 422 g/mol. The summed E-state index contributed by atoms with van der Waals surface area (Å²) < 4.78 is 6.08. The Labute approximate surface area is 173 Å². The van der Waals surface area contributed by atoms with Gasteiger partial charge in [0.2, 0.25) is 0 Å². The number of carbonyl (C=O) groups excluding carboxylic acids is 2. The Balaban J connectivity index is 1.71. The lowest BCUT2D eigenvalue weighted by Gasteiger charge is -2.36. The fraction of sp³-hybridized carbons (Fsp3) is 0.333. The van der Waals surface area contributed by atoms with E-state index < -0.39 is 6.09 Å². The molecule has 1 saturated carbocycles. The standard InChI is InChI=1S/C21H24BrN3O3/c22-16-6-8-17(9-7-16)25(18-10-12-19(13-11-18)28-20(23)26)21(27)24-14-15-4-2-1-3-5-15/h1-9,18-19H,10-14H2,(H2,23,26)(H,24,27)/t18-,19-. The van der Waals surface area contributed by atoms with E-state index in [1.54, 1.807) is 0 Å². The molecule has 0 aliphatic heterocycles. The van der Waals surface area contributed by atoms with Gasteiger partial charge >= 0.3 is 12.1 Å². The normalized spacial score (nSPS) is 18.9. The first-order valence-electron chi connectivity index (χ1n) is 9.35. The Morgan fingerprint density at radius 1 is 1.04 bits per heavy atom. The maximum absolute atomic E-state index is 13.1. The molecule has 3 amide bonds. The zero-order chi connectivity index (χ0) is 19.9. The number of hydrogen-bond acceptors (Lipinski definition) is 3. The van der Waals surface area contributed by atoms with Gasteiger partial charge in [-0.1, -0.05) is 46.3 Å². The van der Waals surface area contributed by atoms with Gasteiger partial charge in [-0.15, -0.1) is 0 Å². The number of benzene rings is 2. The van der Waals surface area contributed by atoms with Crippen LogP contribution in [0.15, 0.2) is 59.1 Å². The summed E-state index contributed by atoms with van der Waals surface area (Å²) in [7, 11) is 0. The van der Waals surface area contributed by atoms with Gasteiger partial charge in [0.25, 0.3) is 0 Å². The third kappa shape index (κ3) is 5.48. The van der Waals surface area contributed by atoms with Crippen LogP contribution in [0.5, 0.6) is 0 Å². The molecule has 1 fully saturated rings. The first kappa shape index (κ1) is 20.2. The highest BCUT2D eigenvalue weighted by molar-refractivity contribution is 9.10. The highest BCUT2D eigenvalue weighted by atomic mass is 79.9. The van der Waals surface area contributed by atoms with Crippen LogP contribution in [0, 0.1) is 0 Å². The van der Waals surface area contributed by atoms with Crippen molar-refractivity contribution >= 4 is 33.7 Å². The smallest absolute Gasteiger partial charge is 0.404 e. The molecule has 148 valence electrons. The number of amides is 3. The van der Waals surface area contributed by atoms with Crippen molar-refractivity contribution in [3.8, 4) is 0 Å². The number of nitrogens with one attached hydrogen (secondary N) is 1. The van der Waals surface area contributed by atoms with E-state index in [1.165, 1.54) is 0 Å². The van der Waals surface area contributed by atoms with E-state index in [1.807, 2.05) is 59.5 Å². The van der Waals surface area contributed by atoms with Gasteiger partial charge in [-0.2, -0.15) is 0 Å². The van der Waals surface area contributed by atoms with Crippen LogP contribution in [0.25, 0.3) is 0 Å². The summed E-state index contributed by atoms with van der Waals surface area (Å²) in [6.07, 6.45) is 1.94. The number of rotatable bonds is 5. The van der Waals surface area contributed by atoms with Crippen molar-refractivity contribution < 1.29 is 14.3 Å². The Hall–Kier alpha value is -2.54. The third-order valence-corrected chi connectivity index (χ3v) is 5.43. The zero-order valence-corrected chi connectivity index (χ0v) is 17.1. The van der Waals surface area contributed by atoms with Crippen molar-refractivity contribution in [2.45, 2.75) is 44.4 Å². The molecule has 0 unspecified atom stereocenters. The molecule has 0 bridgehead atoms. The number of nitrogens with two attached hydrogens (primary N) is 1. The van der Waals surface area contributed by atoms with Gasteiger partial charge in [0.15, 0.2) is 0 Å². The molecule has 6 nitrogen and oxygen atoms in total. The first-order valence-corrected chi connectivity index (χ1v) is 10.1. The van der Waals surface area contributed by atoms with Crippen molar-refractivity contribution in [1.29, 1.82) is 0 Å². The van der Waals surface area contributed by atoms with E-state index in [9.17, 15) is 9.59 Å². The van der Waals surface area contributed by atoms with Gasteiger partial charge in [0.05, 0.1) is 0 Å². The summed E-state index contributed by atoms with van der Waals surface area (Å²) in [6.45, 7) is 0.465. The Kier molecular flexibility index (Phi) is 6.92. The molecule has 0 saturated heterocycles. The fourth-order valence-corrected chi connectivity index (χ4v) is 3.80. The number of urea groups is 1. The maximum Gasteiger partial charge on any atom is 0.404 e. The second-order valence-corrected chi connectivity index (χ2v) is 7.77. The van der Waals surface area contributed by atoms with E-state index in [2.05, 4.69) is 21.2 Å². The van der Waals surface area contributed by atoms with Gasteiger partial charge in [0, 0.05) is 22.7 Å². The summed E-state index contributed by atoms with van der Waals surface area (Å²) in [5.74, 6) is 0. The minimum atomic E-state index is -0.742. The van der Waals surface area contributed by atoms with Gasteiger partial charge in [-0.05, 0) is 55.5 Å². The van der Waals surface area contributed by atoms with Crippen LogP contribution in [-0.4, -0.2) is 24.3 Å². The van der Waals surface area contributed by atoms with E-state index in [0.717, 1.165) is 28.6 Å². The zero-order valence-electron chi connectivity index (χ0n) is 15.5. The quantitative estimate of drug-likeness (QED) is 0.706. The number of primary amides is 1. The van der Waals surface area contributed by atoms with Crippen LogP contribution >= 0.6 is 15.9 Å². The highest BCUT2D eigenvalue weighted by Crippen LogP contribution is 2.30. The van der Waals surface area contributed by atoms with Crippen LogP contribution in [-0.2, 0) is 11.3 Å². The summed E-state index contributed by atoms with van der Waals surface area (Å²) in [5, 5.41) is 3.02. The molecule has 1 aliphatic rings. The maximum atomic E-state index is 13.1. The van der Waals surface area contributed by atoms with E-state index in [4.69, 9.17) is 10.5 Å². The lowest BCUT2D eigenvalue weighted by Crippen LogP contribution is -2.48. The average molecular weight is 446 g/mol. The second kappa shape index (κ2) is 9.59. The van der Waals surface area contributed by atoms with Gasteiger partial charge in [-0.3, -0.25) is 4.90 Å². The molecule has 2 aromatic rings. The van der Waals surface area contributed by atoms with Crippen LogP contribution < -0.4 is 16.0 Å². The molecule has 0 heterocycles. The number of anilines is 1. The van der Waals surface area contributed by atoms with Crippen molar-refractivity contribution in [1.82, 2.24) is 5.32 Å². The molecule has 0 radical (unpaired) electrons. The predicted octanol–water partition coefficient (Wildman–Crippen LogP) is 4.57. The van der Waals surface area contributed by atoms with E-state index >= 15 is 0 Å². The number of ether oxygens (including phenoxy) is 1. The van der Waals surface area contributed by atoms with Gasteiger partial charge in [-0.25, -0.2) is 9.59 Å². The molecule has 28 heavy (non-hydrogen) atoms. The van der Waals surface area contributed by atoms with Gasteiger partial charge in [0.1, 0.15) is 6.10 Å². The summed E-state index contributed by atoms with van der Waals surface area (Å²) in [5.41, 5.74) is 7.01. The van der Waals surface area contributed by atoms with E-state index in [-0.39, 0.29) is 18.2 Å². The second-order valence-electron chi connectivity index (χ2n) is 6.86. The molecule has 0 aromatic heterocycles. The Morgan fingerprint density at radius 3 is 2.29 bits per heavy atom. The SMILES string of the molecule is NC(=O)O[C@H]1CC[C@H](N(C(=O)NCc2ccccc2)c2ccc(Br)cc2)CC1. The molecule has 2 aromatic carbocycles. The lowest BCUT2D eigenvalue weighted by atomic mass is 9.91. The third-order valence-electron chi connectivity index (χ3n) is 4.90. The molecule has 3 N–H and O–H groups in total. The molecule has 3 rings (SSSR count). The highest BCUT2D eigenvalue weighted by Gasteiger charge is 2.31. The van der Waals surface area contributed by atoms with Crippen molar-refractivity contribution in [2.75, 3.05) is 4.90 Å². The van der Waals surface area contributed by atoms with Crippen LogP contribution in [0.3, 0.4) is 0 Å². The molecular formula is C21H24BrN3O3. The first-order chi connectivity index (χ1) is 13.5. The predicted molar refractivity (Wildman–Crippen MR) is 112 cm³/mol. The Bertz CT molecular complexity index is 790. The van der Waals surface area contributed by atoms with Crippen molar-refractivity contribution in [3.05, 3.63) is 64.6 Å². The van der Waals surface area contributed by atoms with Crippen molar-refractivity contribution in [3.63, 3.8) is 0 Å². The summed E-state index contributed by atoms with van der Waals surface area (Å²) >= 11 is 3.44. The van der Waals surface area contributed by atoms with E-state index in [0.29, 0.717) is 19.4 Å². The topological polar surface area (TPSA) is 84.7 Å². The molecule has 0 atom stereocenters. The Morgan fingerprint density at radius 2 is 1.68 bits per heavy atom. The molecule has 7 heteroatoms. The van der Waals surface area contributed by atoms with Crippen molar-refractivity contribution in [2.24, 2.45) is 5.73 Å². The van der Waals surface area contributed by atoms with Crippen LogP contribution in [0.4, 0.5) is 15.3 Å². The average Bonchev–Trinajstić information content (AvgIpc) is 2.70. The molecule has 0 spiro atoms. The van der Waals surface area contributed by atoms with Gasteiger partial charge < -0.3 is 15.8 Å². The summed E-state index contributed by atoms with van der Waals surface area (Å²) in [6, 6.07) is 17.4. The number of halogens is 1. The van der Waals surface area contributed by atoms with Crippen LogP contribution in [0.2, 0.25) is 0 Å². The number of carbonyl (C=O) groups is 2. The number of nitrogens with zero attached hydrogens (tertiary/aromatic N) is 1. The number of hydrogen-bond donors (Lipinski definition) is 2.